The monoisotopic (exact) mass is 361 g/mol. The van der Waals surface area contributed by atoms with Gasteiger partial charge in [0.15, 0.2) is 11.7 Å². The quantitative estimate of drug-likeness (QED) is 0.732. The van der Waals surface area contributed by atoms with Gasteiger partial charge in [-0.15, -0.1) is 0 Å². The minimum atomic E-state index is -0.603. The molecule has 2 aliphatic rings. The summed E-state index contributed by atoms with van der Waals surface area (Å²) in [4.78, 5) is 4.68. The van der Waals surface area contributed by atoms with E-state index in [4.69, 9.17) is 32.7 Å². The Labute approximate surface area is 151 Å². The van der Waals surface area contributed by atoms with Gasteiger partial charge in [-0.2, -0.15) is 0 Å². The number of hydrogen-bond acceptors (Lipinski definition) is 3. The Hall–Kier alpha value is -1.55. The number of aliphatic imine (C=N–C) groups is 1. The molecule has 0 amide bonds. The lowest BCUT2D eigenvalue weighted by Crippen LogP contribution is -2.21. The van der Waals surface area contributed by atoms with Gasteiger partial charge in [0.1, 0.15) is 6.61 Å². The minimum absolute atomic E-state index is 0.215. The van der Waals surface area contributed by atoms with Gasteiger partial charge >= 0.3 is 0 Å². The summed E-state index contributed by atoms with van der Waals surface area (Å²) in [6.45, 7) is 4.67. The number of nitrogens with zero attached hydrogens (tertiary/aromatic N) is 1. The topological polar surface area (TPSA) is 34.1 Å². The lowest BCUT2D eigenvalue weighted by atomic mass is 9.88. The minimum Gasteiger partial charge on any atom is -0.476 e. The molecule has 0 radical (unpaired) electrons. The Bertz CT molecular complexity index is 752. The first-order chi connectivity index (χ1) is 11.4. The van der Waals surface area contributed by atoms with Crippen LogP contribution < -0.4 is 0 Å². The number of rotatable bonds is 3. The summed E-state index contributed by atoms with van der Waals surface area (Å²) in [5.74, 6) is 0.657. The van der Waals surface area contributed by atoms with E-state index in [0.29, 0.717) is 22.5 Å². The average Bonchev–Trinajstić information content (AvgIpc) is 3.20. The fourth-order valence-corrected chi connectivity index (χ4v) is 3.38. The average molecular weight is 362 g/mol. The number of hydrogen-bond donors (Lipinski definition) is 0. The third-order valence-electron chi connectivity index (χ3n) is 4.37. The summed E-state index contributed by atoms with van der Waals surface area (Å²) in [6.07, 6.45) is -0.235. The molecule has 0 saturated carbocycles. The second kappa shape index (κ2) is 5.48. The molecule has 24 heavy (non-hydrogen) atoms. The van der Waals surface area contributed by atoms with Crippen molar-refractivity contribution in [1.82, 2.24) is 0 Å². The highest BCUT2D eigenvalue weighted by molar-refractivity contribution is 6.30. The van der Waals surface area contributed by atoms with Crippen molar-refractivity contribution >= 4 is 29.1 Å². The first kappa shape index (κ1) is 15.9. The molecule has 0 N–H and O–H groups in total. The van der Waals surface area contributed by atoms with Crippen LogP contribution >= 0.6 is 23.2 Å². The van der Waals surface area contributed by atoms with E-state index in [-0.39, 0.29) is 11.6 Å². The maximum Gasteiger partial charge on any atom is 0.218 e. The van der Waals surface area contributed by atoms with Crippen molar-refractivity contribution < 1.29 is 9.47 Å². The zero-order valence-corrected chi connectivity index (χ0v) is 14.9. The molecule has 4 rings (SSSR count). The summed E-state index contributed by atoms with van der Waals surface area (Å²) in [7, 11) is 0. The molecule has 5 heteroatoms. The van der Waals surface area contributed by atoms with E-state index in [9.17, 15) is 0 Å². The molecular weight excluding hydrogens is 345 g/mol. The van der Waals surface area contributed by atoms with E-state index in [1.54, 1.807) is 0 Å². The Morgan fingerprint density at radius 3 is 1.83 bits per heavy atom. The Morgan fingerprint density at radius 1 is 0.917 bits per heavy atom. The van der Waals surface area contributed by atoms with E-state index in [0.717, 1.165) is 11.1 Å². The SMILES string of the molecule is CC1(C)COC([C@H]2OC2(c2ccc(Cl)cc2)c2ccc(Cl)cc2)=N1. The third-order valence-corrected chi connectivity index (χ3v) is 4.88. The van der Waals surface area contributed by atoms with E-state index < -0.39 is 5.60 Å². The third kappa shape index (κ3) is 2.61. The summed E-state index contributed by atoms with van der Waals surface area (Å²) in [6, 6.07) is 15.4. The zero-order valence-electron chi connectivity index (χ0n) is 13.4. The highest BCUT2D eigenvalue weighted by Crippen LogP contribution is 2.53. The maximum atomic E-state index is 6.19. The van der Waals surface area contributed by atoms with Crippen LogP contribution in [0.5, 0.6) is 0 Å². The van der Waals surface area contributed by atoms with Gasteiger partial charge in [0.2, 0.25) is 5.90 Å². The second-order valence-corrected chi connectivity index (χ2v) is 7.67. The number of epoxide rings is 1. The molecule has 2 aliphatic heterocycles. The number of ether oxygens (including phenoxy) is 2. The summed E-state index contributed by atoms with van der Waals surface area (Å²) < 4.78 is 12.0. The molecule has 2 aromatic rings. The molecule has 124 valence electrons. The summed E-state index contributed by atoms with van der Waals surface area (Å²) in [5.41, 5.74) is 1.23. The standard InChI is InChI=1S/C19H17Cl2NO2/c1-18(2)11-23-17(22-18)16-19(24-16,12-3-7-14(20)8-4-12)13-5-9-15(21)10-6-13/h3-10,16H,11H2,1-2H3/t16-/m1/s1. The molecule has 0 spiro atoms. The largest absolute Gasteiger partial charge is 0.476 e. The Morgan fingerprint density at radius 2 is 1.42 bits per heavy atom. The van der Waals surface area contributed by atoms with E-state index in [2.05, 4.69) is 18.8 Å². The molecule has 1 saturated heterocycles. The van der Waals surface area contributed by atoms with Crippen LogP contribution in [0.4, 0.5) is 0 Å². The van der Waals surface area contributed by atoms with E-state index in [1.807, 2.05) is 48.5 Å². The van der Waals surface area contributed by atoms with Crippen LogP contribution in [0.2, 0.25) is 10.0 Å². The Kier molecular flexibility index (Phi) is 3.64. The van der Waals surface area contributed by atoms with Crippen molar-refractivity contribution in [2.75, 3.05) is 6.61 Å². The molecule has 2 heterocycles. The van der Waals surface area contributed by atoms with Crippen molar-refractivity contribution in [3.63, 3.8) is 0 Å². The van der Waals surface area contributed by atoms with E-state index >= 15 is 0 Å². The van der Waals surface area contributed by atoms with Crippen molar-refractivity contribution in [3.8, 4) is 0 Å². The number of benzene rings is 2. The van der Waals surface area contributed by atoms with Crippen molar-refractivity contribution in [1.29, 1.82) is 0 Å². The molecule has 2 aromatic carbocycles. The van der Waals surface area contributed by atoms with Gasteiger partial charge in [0, 0.05) is 10.0 Å². The van der Waals surface area contributed by atoms with Crippen LogP contribution in [0.1, 0.15) is 25.0 Å². The summed E-state index contributed by atoms with van der Waals surface area (Å²) >= 11 is 12.1. The van der Waals surface area contributed by atoms with Gasteiger partial charge < -0.3 is 9.47 Å². The fraction of sp³-hybridized carbons (Fsp3) is 0.316. The highest BCUT2D eigenvalue weighted by atomic mass is 35.5. The number of halogens is 2. The second-order valence-electron chi connectivity index (χ2n) is 6.80. The van der Waals surface area contributed by atoms with Gasteiger partial charge in [-0.1, -0.05) is 47.5 Å². The van der Waals surface area contributed by atoms with Crippen LogP contribution in [0.3, 0.4) is 0 Å². The fourth-order valence-electron chi connectivity index (χ4n) is 3.12. The van der Waals surface area contributed by atoms with Crippen LogP contribution in [0, 0.1) is 0 Å². The van der Waals surface area contributed by atoms with Gasteiger partial charge in [-0.25, -0.2) is 4.99 Å². The summed E-state index contributed by atoms with van der Waals surface area (Å²) in [5, 5.41) is 1.38. The lowest BCUT2D eigenvalue weighted by Gasteiger charge is -2.14. The predicted octanol–water partition coefficient (Wildman–Crippen LogP) is 4.84. The van der Waals surface area contributed by atoms with Crippen molar-refractivity contribution in [2.45, 2.75) is 31.1 Å². The molecular formula is C19H17Cl2NO2. The van der Waals surface area contributed by atoms with Gasteiger partial charge in [0.05, 0.1) is 5.54 Å². The molecule has 3 nitrogen and oxygen atoms in total. The van der Waals surface area contributed by atoms with Gasteiger partial charge in [0.25, 0.3) is 0 Å². The van der Waals surface area contributed by atoms with Gasteiger partial charge in [-0.3, -0.25) is 0 Å². The van der Waals surface area contributed by atoms with Crippen LogP contribution in [0.25, 0.3) is 0 Å². The first-order valence-corrected chi connectivity index (χ1v) is 8.59. The van der Waals surface area contributed by atoms with Crippen LogP contribution in [-0.2, 0) is 15.1 Å². The normalized spacial score (nSPS) is 23.5. The lowest BCUT2D eigenvalue weighted by molar-refractivity contribution is 0.265. The van der Waals surface area contributed by atoms with Gasteiger partial charge in [-0.05, 0) is 49.2 Å². The molecule has 1 atom stereocenters. The highest BCUT2D eigenvalue weighted by Gasteiger charge is 2.63. The maximum absolute atomic E-state index is 6.19. The van der Waals surface area contributed by atoms with E-state index in [1.165, 1.54) is 0 Å². The van der Waals surface area contributed by atoms with Crippen molar-refractivity contribution in [2.24, 2.45) is 4.99 Å². The predicted molar refractivity (Wildman–Crippen MR) is 96.0 cm³/mol. The molecule has 0 aliphatic carbocycles. The molecule has 0 bridgehead atoms. The molecule has 0 aromatic heterocycles. The smallest absolute Gasteiger partial charge is 0.218 e. The van der Waals surface area contributed by atoms with Crippen LogP contribution in [-0.4, -0.2) is 24.1 Å². The van der Waals surface area contributed by atoms with Crippen LogP contribution in [0.15, 0.2) is 53.5 Å². The molecule has 0 unspecified atom stereocenters. The Balaban J connectivity index is 1.78. The van der Waals surface area contributed by atoms with Crippen molar-refractivity contribution in [3.05, 3.63) is 69.7 Å². The molecule has 1 fully saturated rings. The first-order valence-electron chi connectivity index (χ1n) is 7.83. The zero-order chi connectivity index (χ0) is 16.9.